The van der Waals surface area contributed by atoms with E-state index >= 15 is 0 Å². The van der Waals surface area contributed by atoms with Crippen molar-refractivity contribution in [3.8, 4) is 0 Å². The Kier molecular flexibility index (Phi) is 5.43. The molecule has 1 aromatic carbocycles. The molecule has 0 saturated carbocycles. The molecule has 2 aliphatic rings. The standard InChI is InChI=1S/C25H39N3O/c1-24(2,3)19-11-13-27(14-12-19)16-18-10-15-28(17-18)21-9-7-8-20-22(21)29-26-23(20)25(4,5)6/h7-9,18-19H,10-17H2,1-6H3. The first-order valence-corrected chi connectivity index (χ1v) is 11.5. The van der Waals surface area contributed by atoms with Crippen molar-refractivity contribution in [2.45, 2.75) is 66.2 Å². The van der Waals surface area contributed by atoms with Crippen LogP contribution in [0.15, 0.2) is 22.7 Å². The Morgan fingerprint density at radius 1 is 1.00 bits per heavy atom. The molecule has 0 bridgehead atoms. The lowest BCUT2D eigenvalue weighted by Crippen LogP contribution is -2.40. The summed E-state index contributed by atoms with van der Waals surface area (Å²) in [6.45, 7) is 19.8. The van der Waals surface area contributed by atoms with Crippen LogP contribution in [-0.4, -0.2) is 42.8 Å². The van der Waals surface area contributed by atoms with E-state index in [1.54, 1.807) is 0 Å². The average molecular weight is 398 g/mol. The van der Waals surface area contributed by atoms with Gasteiger partial charge in [0, 0.05) is 30.4 Å². The Bertz CT molecular complexity index is 834. The summed E-state index contributed by atoms with van der Waals surface area (Å²) in [5, 5.41) is 5.60. The zero-order valence-corrected chi connectivity index (χ0v) is 19.3. The van der Waals surface area contributed by atoms with Gasteiger partial charge in [0.15, 0.2) is 5.58 Å². The summed E-state index contributed by atoms with van der Waals surface area (Å²) in [5.41, 5.74) is 3.70. The van der Waals surface area contributed by atoms with Crippen LogP contribution in [0.3, 0.4) is 0 Å². The number of rotatable bonds is 3. The quantitative estimate of drug-likeness (QED) is 0.664. The zero-order chi connectivity index (χ0) is 20.8. The third-order valence-electron chi connectivity index (χ3n) is 7.14. The lowest BCUT2D eigenvalue weighted by molar-refractivity contribution is 0.103. The highest BCUT2D eigenvalue weighted by molar-refractivity contribution is 5.91. The van der Waals surface area contributed by atoms with Crippen molar-refractivity contribution in [2.75, 3.05) is 37.6 Å². The normalized spacial score (nSPS) is 22.7. The first kappa shape index (κ1) is 20.7. The Hall–Kier alpha value is -1.55. The maximum Gasteiger partial charge on any atom is 0.190 e. The summed E-state index contributed by atoms with van der Waals surface area (Å²) in [6.07, 6.45) is 3.98. The second-order valence-electron chi connectivity index (χ2n) is 11.5. The van der Waals surface area contributed by atoms with Gasteiger partial charge in [-0.3, -0.25) is 0 Å². The van der Waals surface area contributed by atoms with Crippen LogP contribution in [0.25, 0.3) is 11.0 Å². The predicted octanol–water partition coefficient (Wildman–Crippen LogP) is 5.71. The average Bonchev–Trinajstić information content (AvgIpc) is 3.27. The van der Waals surface area contributed by atoms with Crippen LogP contribution in [0, 0.1) is 17.3 Å². The zero-order valence-electron chi connectivity index (χ0n) is 19.3. The SMILES string of the molecule is CC(C)(C)c1noc2c(N3CCC(CN4CCC(C(C)(C)C)CC4)C3)cccc12. The Labute approximate surface area is 176 Å². The molecular formula is C25H39N3O. The van der Waals surface area contributed by atoms with Crippen molar-refractivity contribution in [3.05, 3.63) is 23.9 Å². The molecule has 2 aromatic rings. The first-order valence-electron chi connectivity index (χ1n) is 11.5. The van der Waals surface area contributed by atoms with E-state index in [-0.39, 0.29) is 5.41 Å². The summed E-state index contributed by atoms with van der Waals surface area (Å²) in [7, 11) is 0. The fourth-order valence-electron chi connectivity index (χ4n) is 5.28. The molecular weight excluding hydrogens is 358 g/mol. The molecule has 4 nitrogen and oxygen atoms in total. The van der Waals surface area contributed by atoms with Gasteiger partial charge in [-0.2, -0.15) is 0 Å². The van der Waals surface area contributed by atoms with Gasteiger partial charge in [0.2, 0.25) is 0 Å². The fraction of sp³-hybridized carbons (Fsp3) is 0.720. The number of nitrogens with zero attached hydrogens (tertiary/aromatic N) is 3. The molecule has 3 heterocycles. The Morgan fingerprint density at radius 2 is 1.72 bits per heavy atom. The number of likely N-dealkylation sites (tertiary alicyclic amines) is 1. The Morgan fingerprint density at radius 3 is 2.38 bits per heavy atom. The molecule has 0 amide bonds. The highest BCUT2D eigenvalue weighted by atomic mass is 16.5. The summed E-state index contributed by atoms with van der Waals surface area (Å²) in [4.78, 5) is 5.23. The first-order chi connectivity index (χ1) is 13.6. The van der Waals surface area contributed by atoms with Gasteiger partial charge in [0.05, 0.1) is 11.4 Å². The summed E-state index contributed by atoms with van der Waals surface area (Å²) in [6, 6.07) is 6.52. The maximum absolute atomic E-state index is 5.85. The molecule has 4 rings (SSSR count). The molecule has 0 N–H and O–H groups in total. The molecule has 2 saturated heterocycles. The van der Waals surface area contributed by atoms with Crippen molar-refractivity contribution >= 4 is 16.7 Å². The smallest absolute Gasteiger partial charge is 0.190 e. The van der Waals surface area contributed by atoms with Crippen LogP contribution in [0.4, 0.5) is 5.69 Å². The van der Waals surface area contributed by atoms with E-state index in [0.717, 1.165) is 36.2 Å². The Balaban J connectivity index is 1.40. The largest absolute Gasteiger partial charge is 0.368 e. The topological polar surface area (TPSA) is 32.5 Å². The van der Waals surface area contributed by atoms with E-state index in [4.69, 9.17) is 4.52 Å². The van der Waals surface area contributed by atoms with E-state index in [2.05, 4.69) is 74.7 Å². The second kappa shape index (κ2) is 7.61. The van der Waals surface area contributed by atoms with E-state index in [1.165, 1.54) is 50.0 Å². The molecule has 160 valence electrons. The molecule has 1 atom stereocenters. The summed E-state index contributed by atoms with van der Waals surface area (Å²) >= 11 is 0. The highest BCUT2D eigenvalue weighted by Crippen LogP contribution is 2.37. The second-order valence-corrected chi connectivity index (χ2v) is 11.5. The predicted molar refractivity (Wildman–Crippen MR) is 122 cm³/mol. The van der Waals surface area contributed by atoms with Crippen LogP contribution < -0.4 is 4.90 Å². The van der Waals surface area contributed by atoms with Gasteiger partial charge >= 0.3 is 0 Å². The van der Waals surface area contributed by atoms with Crippen LogP contribution in [0.2, 0.25) is 0 Å². The lowest BCUT2D eigenvalue weighted by Gasteiger charge is -2.39. The van der Waals surface area contributed by atoms with Gasteiger partial charge in [-0.15, -0.1) is 0 Å². The van der Waals surface area contributed by atoms with E-state index < -0.39 is 0 Å². The number of hydrogen-bond donors (Lipinski definition) is 0. The molecule has 0 radical (unpaired) electrons. The molecule has 0 aliphatic carbocycles. The number of benzene rings is 1. The van der Waals surface area contributed by atoms with Crippen LogP contribution >= 0.6 is 0 Å². The van der Waals surface area contributed by atoms with Gasteiger partial charge < -0.3 is 14.3 Å². The molecule has 2 fully saturated rings. The molecule has 2 aliphatic heterocycles. The van der Waals surface area contributed by atoms with Crippen molar-refractivity contribution in [2.24, 2.45) is 17.3 Å². The highest BCUT2D eigenvalue weighted by Gasteiger charge is 2.32. The molecule has 4 heteroatoms. The van der Waals surface area contributed by atoms with Gasteiger partial charge in [0.25, 0.3) is 0 Å². The number of hydrogen-bond acceptors (Lipinski definition) is 4. The number of aromatic nitrogens is 1. The van der Waals surface area contributed by atoms with Crippen molar-refractivity contribution in [1.82, 2.24) is 10.1 Å². The number of para-hydroxylation sites is 1. The van der Waals surface area contributed by atoms with E-state index in [9.17, 15) is 0 Å². The van der Waals surface area contributed by atoms with Crippen LogP contribution in [-0.2, 0) is 5.41 Å². The van der Waals surface area contributed by atoms with Crippen LogP contribution in [0.1, 0.15) is 66.5 Å². The van der Waals surface area contributed by atoms with Gasteiger partial charge in [-0.05, 0) is 61.7 Å². The molecule has 29 heavy (non-hydrogen) atoms. The molecule has 1 unspecified atom stereocenters. The van der Waals surface area contributed by atoms with Crippen LogP contribution in [0.5, 0.6) is 0 Å². The number of fused-ring (bicyclic) bond motifs is 1. The number of anilines is 1. The third kappa shape index (κ3) is 4.33. The van der Waals surface area contributed by atoms with Crippen molar-refractivity contribution in [3.63, 3.8) is 0 Å². The van der Waals surface area contributed by atoms with Crippen molar-refractivity contribution < 1.29 is 4.52 Å². The van der Waals surface area contributed by atoms with Gasteiger partial charge in [-0.1, -0.05) is 52.8 Å². The minimum atomic E-state index is -0.00338. The minimum Gasteiger partial charge on any atom is -0.368 e. The lowest BCUT2D eigenvalue weighted by atomic mass is 9.75. The monoisotopic (exact) mass is 397 g/mol. The maximum atomic E-state index is 5.85. The summed E-state index contributed by atoms with van der Waals surface area (Å²) in [5.74, 6) is 1.63. The molecule has 0 spiro atoms. The fourth-order valence-corrected chi connectivity index (χ4v) is 5.28. The molecule has 1 aromatic heterocycles. The third-order valence-corrected chi connectivity index (χ3v) is 7.14. The van der Waals surface area contributed by atoms with Crippen molar-refractivity contribution in [1.29, 1.82) is 0 Å². The summed E-state index contributed by atoms with van der Waals surface area (Å²) < 4.78 is 5.85. The van der Waals surface area contributed by atoms with Gasteiger partial charge in [0.1, 0.15) is 0 Å². The van der Waals surface area contributed by atoms with Gasteiger partial charge in [-0.25, -0.2) is 0 Å². The minimum absolute atomic E-state index is 0.00338. The number of piperidine rings is 1. The van der Waals surface area contributed by atoms with E-state index in [1.807, 2.05) is 0 Å². The van der Waals surface area contributed by atoms with E-state index in [0.29, 0.717) is 5.41 Å².